The highest BCUT2D eigenvalue weighted by atomic mass is 16.5. The van der Waals surface area contributed by atoms with Crippen molar-refractivity contribution in [1.29, 1.82) is 0 Å². The number of nitrogens with zero attached hydrogens (tertiary/aromatic N) is 3. The monoisotopic (exact) mass is 389 g/mol. The van der Waals surface area contributed by atoms with Crippen LogP contribution in [-0.2, 0) is 0 Å². The first kappa shape index (κ1) is 16.3. The molecule has 8 nitrogen and oxygen atoms in total. The summed E-state index contributed by atoms with van der Waals surface area (Å²) >= 11 is 0. The Hall–Kier alpha value is -3.68. The number of rotatable bonds is 1. The van der Waals surface area contributed by atoms with Crippen molar-refractivity contribution < 1.29 is 14.2 Å². The lowest BCUT2D eigenvalue weighted by atomic mass is 10.1. The van der Waals surface area contributed by atoms with E-state index < -0.39 is 0 Å². The largest absolute Gasteiger partial charge is 0.489 e. The van der Waals surface area contributed by atoms with Crippen LogP contribution < -0.4 is 25.3 Å². The maximum absolute atomic E-state index is 6.07. The second kappa shape index (κ2) is 6.16. The predicted molar refractivity (Wildman–Crippen MR) is 110 cm³/mol. The SMILES string of the molecule is NC1=NC(C2=Cc3ccccc3OC2)n2c(nc3cc4c(cc32)OCCCO4)N1. The van der Waals surface area contributed by atoms with Crippen LogP contribution in [0.2, 0.25) is 0 Å². The molecule has 0 radical (unpaired) electrons. The number of hydrogen-bond acceptors (Lipinski definition) is 7. The molecule has 3 aromatic rings. The number of ether oxygens (including phenoxy) is 3. The number of fused-ring (bicyclic) bond motifs is 5. The zero-order chi connectivity index (χ0) is 19.4. The van der Waals surface area contributed by atoms with E-state index in [-0.39, 0.29) is 6.17 Å². The van der Waals surface area contributed by atoms with Gasteiger partial charge in [0.25, 0.3) is 0 Å². The zero-order valence-electron chi connectivity index (χ0n) is 15.6. The van der Waals surface area contributed by atoms with Gasteiger partial charge in [-0.2, -0.15) is 0 Å². The van der Waals surface area contributed by atoms with Crippen LogP contribution in [0.4, 0.5) is 5.95 Å². The van der Waals surface area contributed by atoms with E-state index in [1.54, 1.807) is 0 Å². The maximum Gasteiger partial charge on any atom is 0.212 e. The van der Waals surface area contributed by atoms with Crippen LogP contribution >= 0.6 is 0 Å². The third-order valence-electron chi connectivity index (χ3n) is 5.29. The fraction of sp³-hybridized carbons (Fsp3) is 0.238. The molecule has 0 spiro atoms. The highest BCUT2D eigenvalue weighted by molar-refractivity contribution is 5.95. The molecule has 0 bridgehead atoms. The summed E-state index contributed by atoms with van der Waals surface area (Å²) in [6.07, 6.45) is 2.62. The highest BCUT2D eigenvalue weighted by Crippen LogP contribution is 2.40. The van der Waals surface area contributed by atoms with Gasteiger partial charge in [0.1, 0.15) is 12.4 Å². The van der Waals surface area contributed by atoms with Gasteiger partial charge in [-0.1, -0.05) is 18.2 Å². The number of aromatic nitrogens is 2. The fourth-order valence-electron chi connectivity index (χ4n) is 3.96. The summed E-state index contributed by atoms with van der Waals surface area (Å²) in [5.74, 6) is 3.26. The van der Waals surface area contributed by atoms with Crippen LogP contribution in [0, 0.1) is 0 Å². The number of imidazole rings is 1. The van der Waals surface area contributed by atoms with E-state index in [1.165, 1.54) is 0 Å². The molecule has 3 aliphatic rings. The molecule has 3 aliphatic heterocycles. The topological polar surface area (TPSA) is 95.9 Å². The number of nitrogens with two attached hydrogens (primary N) is 1. The van der Waals surface area contributed by atoms with Gasteiger partial charge in [-0.25, -0.2) is 9.98 Å². The zero-order valence-corrected chi connectivity index (χ0v) is 15.6. The summed E-state index contributed by atoms with van der Waals surface area (Å²) in [5.41, 5.74) is 9.80. The Morgan fingerprint density at radius 1 is 1.03 bits per heavy atom. The average Bonchev–Trinajstić information content (AvgIpc) is 2.92. The first-order chi connectivity index (χ1) is 14.3. The number of nitrogens with one attached hydrogen (secondary N) is 1. The van der Waals surface area contributed by atoms with Crippen molar-refractivity contribution in [2.75, 3.05) is 25.1 Å². The van der Waals surface area contributed by atoms with Gasteiger partial charge in [-0.3, -0.25) is 9.88 Å². The molecule has 1 unspecified atom stereocenters. The van der Waals surface area contributed by atoms with E-state index in [1.807, 2.05) is 41.0 Å². The lowest BCUT2D eigenvalue weighted by molar-refractivity contribution is 0.297. The van der Waals surface area contributed by atoms with Crippen molar-refractivity contribution >= 4 is 29.0 Å². The lowest BCUT2D eigenvalue weighted by Gasteiger charge is -2.28. The fourth-order valence-corrected chi connectivity index (χ4v) is 3.96. The number of hydrogen-bond donors (Lipinski definition) is 2. The van der Waals surface area contributed by atoms with Gasteiger partial charge in [0, 0.05) is 29.7 Å². The van der Waals surface area contributed by atoms with E-state index in [9.17, 15) is 0 Å². The lowest BCUT2D eigenvalue weighted by Crippen LogP contribution is -2.32. The smallest absolute Gasteiger partial charge is 0.212 e. The van der Waals surface area contributed by atoms with Crippen molar-refractivity contribution in [2.24, 2.45) is 10.7 Å². The molecule has 146 valence electrons. The second-order valence-electron chi connectivity index (χ2n) is 7.20. The standard InChI is InChI=1S/C21H19N5O3/c22-20-24-19(13-8-12-4-1-2-5-16(12)29-11-13)26-15-10-18-17(27-6-3-7-28-18)9-14(15)23-21(26)25-20/h1-2,4-5,8-10,19H,3,6-7,11H2,(H3,22,23,24,25). The van der Waals surface area contributed by atoms with E-state index in [4.69, 9.17) is 24.9 Å². The Labute approximate surface area is 166 Å². The molecule has 2 aromatic carbocycles. The molecule has 29 heavy (non-hydrogen) atoms. The average molecular weight is 389 g/mol. The van der Waals surface area contributed by atoms with Crippen LogP contribution in [-0.4, -0.2) is 35.3 Å². The minimum atomic E-state index is -0.352. The van der Waals surface area contributed by atoms with Gasteiger partial charge in [0.15, 0.2) is 23.6 Å². The van der Waals surface area contributed by atoms with Crippen molar-refractivity contribution in [3.05, 3.63) is 47.5 Å². The normalized spacial score (nSPS) is 19.8. The van der Waals surface area contributed by atoms with Crippen molar-refractivity contribution in [3.63, 3.8) is 0 Å². The molecule has 1 aromatic heterocycles. The Bertz CT molecular complexity index is 1200. The Balaban J connectivity index is 1.51. The van der Waals surface area contributed by atoms with Gasteiger partial charge >= 0.3 is 0 Å². The van der Waals surface area contributed by atoms with Crippen LogP contribution in [0.15, 0.2) is 47.0 Å². The van der Waals surface area contributed by atoms with Crippen LogP contribution in [0.25, 0.3) is 17.1 Å². The molecule has 1 atom stereocenters. The van der Waals surface area contributed by atoms with E-state index in [0.717, 1.165) is 40.1 Å². The number of benzene rings is 2. The molecule has 4 heterocycles. The van der Waals surface area contributed by atoms with Crippen LogP contribution in [0.3, 0.4) is 0 Å². The highest BCUT2D eigenvalue weighted by Gasteiger charge is 2.29. The molecular formula is C21H19N5O3. The second-order valence-corrected chi connectivity index (χ2v) is 7.20. The minimum absolute atomic E-state index is 0.326. The van der Waals surface area contributed by atoms with Gasteiger partial charge in [0.2, 0.25) is 5.95 Å². The minimum Gasteiger partial charge on any atom is -0.489 e. The summed E-state index contributed by atoms with van der Waals surface area (Å²) in [6, 6.07) is 11.8. The molecule has 0 amide bonds. The number of aliphatic imine (C=N–C) groups is 1. The Morgan fingerprint density at radius 2 is 1.86 bits per heavy atom. The van der Waals surface area contributed by atoms with E-state index in [0.29, 0.717) is 37.5 Å². The van der Waals surface area contributed by atoms with Gasteiger partial charge in [-0.05, 0) is 12.1 Å². The van der Waals surface area contributed by atoms with Gasteiger partial charge in [0.05, 0.1) is 24.2 Å². The summed E-state index contributed by atoms with van der Waals surface area (Å²) in [6.45, 7) is 1.69. The van der Waals surface area contributed by atoms with Gasteiger partial charge < -0.3 is 19.9 Å². The molecule has 0 fully saturated rings. The van der Waals surface area contributed by atoms with E-state index >= 15 is 0 Å². The Morgan fingerprint density at radius 3 is 2.76 bits per heavy atom. The number of guanidine groups is 1. The number of anilines is 1. The molecule has 3 N–H and O–H groups in total. The summed E-state index contributed by atoms with van der Waals surface area (Å²) in [5, 5.41) is 3.07. The van der Waals surface area contributed by atoms with E-state index in [2.05, 4.69) is 16.4 Å². The maximum atomic E-state index is 6.07. The summed E-state index contributed by atoms with van der Waals surface area (Å²) < 4.78 is 19.7. The van der Waals surface area contributed by atoms with Crippen LogP contribution in [0.5, 0.6) is 17.2 Å². The first-order valence-corrected chi connectivity index (χ1v) is 9.60. The predicted octanol–water partition coefficient (Wildman–Crippen LogP) is 2.91. The van der Waals surface area contributed by atoms with Crippen molar-refractivity contribution in [1.82, 2.24) is 9.55 Å². The summed E-state index contributed by atoms with van der Waals surface area (Å²) in [4.78, 5) is 9.38. The first-order valence-electron chi connectivity index (χ1n) is 9.60. The molecule has 0 saturated heterocycles. The third kappa shape index (κ3) is 2.60. The van der Waals surface area contributed by atoms with Crippen molar-refractivity contribution in [2.45, 2.75) is 12.6 Å². The molecular weight excluding hydrogens is 370 g/mol. The molecule has 8 heteroatoms. The molecule has 0 saturated carbocycles. The quantitative estimate of drug-likeness (QED) is 0.664. The Kier molecular flexibility index (Phi) is 3.46. The number of para-hydroxylation sites is 1. The molecule has 6 rings (SSSR count). The van der Waals surface area contributed by atoms with Crippen molar-refractivity contribution in [3.8, 4) is 17.2 Å². The molecule has 0 aliphatic carbocycles. The summed E-state index contributed by atoms with van der Waals surface area (Å²) in [7, 11) is 0. The third-order valence-corrected chi connectivity index (χ3v) is 5.29. The van der Waals surface area contributed by atoms with Crippen LogP contribution in [0.1, 0.15) is 18.2 Å². The van der Waals surface area contributed by atoms with Gasteiger partial charge in [-0.15, -0.1) is 0 Å².